The molecule has 0 bridgehead atoms. The molecule has 5 aromatic carbocycles. The van der Waals surface area contributed by atoms with E-state index in [9.17, 15) is 56.0 Å². The molecule has 2 atom stereocenters. The Balaban J connectivity index is 0.000000202. The van der Waals surface area contributed by atoms with E-state index in [1.54, 1.807) is 54.6 Å². The number of phenols is 2. The van der Waals surface area contributed by atoms with Gasteiger partial charge in [0.25, 0.3) is 11.8 Å². The monoisotopic (exact) mass is 1220 g/mol. The lowest BCUT2D eigenvalue weighted by atomic mass is 9.82. The highest BCUT2D eigenvalue weighted by Gasteiger charge is 2.59. The van der Waals surface area contributed by atoms with Gasteiger partial charge < -0.3 is 31.3 Å². The van der Waals surface area contributed by atoms with E-state index in [0.29, 0.717) is 32.8 Å². The van der Waals surface area contributed by atoms with E-state index in [-0.39, 0.29) is 27.3 Å². The molecule has 0 fully saturated rings. The minimum atomic E-state index is -5.00. The number of carbonyl (C=O) groups is 3. The summed E-state index contributed by atoms with van der Waals surface area (Å²) < 4.78 is 80.1. The lowest BCUT2D eigenvalue weighted by Gasteiger charge is -2.34. The predicted octanol–water partition coefficient (Wildman–Crippen LogP) is 12.0. The summed E-state index contributed by atoms with van der Waals surface area (Å²) in [6, 6.07) is 28.6. The Hall–Kier alpha value is -4.10. The molecule has 61 heavy (non-hydrogen) atoms. The van der Waals surface area contributed by atoms with Crippen LogP contribution in [0.15, 0.2) is 132 Å². The third-order valence-electron chi connectivity index (χ3n) is 8.11. The summed E-state index contributed by atoms with van der Waals surface area (Å²) in [5.74, 6) is -5.19. The number of benzene rings is 5. The Bertz CT molecular complexity index is 2440. The van der Waals surface area contributed by atoms with Crippen LogP contribution in [0.1, 0.15) is 26.3 Å². The number of aromatic hydroxyl groups is 2. The lowest BCUT2D eigenvalue weighted by molar-refractivity contribution is -0.250. The fourth-order valence-corrected chi connectivity index (χ4v) is 7.73. The van der Waals surface area contributed by atoms with Gasteiger partial charge in [0.05, 0.1) is 26.2 Å². The second-order valence-electron chi connectivity index (χ2n) is 12.5. The minimum absolute atomic E-state index is 0.0176. The molecule has 0 spiro atoms. The first-order valence-electron chi connectivity index (χ1n) is 16.9. The first-order chi connectivity index (χ1) is 28.5. The van der Waals surface area contributed by atoms with Gasteiger partial charge in [-0.15, -0.1) is 0 Å². The minimum Gasteiger partial charge on any atom is -0.506 e. The molecule has 1 aliphatic carbocycles. The van der Waals surface area contributed by atoms with Gasteiger partial charge in [0.1, 0.15) is 11.5 Å². The summed E-state index contributed by atoms with van der Waals surface area (Å²) in [5, 5.41) is 36.6. The average Bonchev–Trinajstić information content (AvgIpc) is 3.19. The number of hydrogen-bond acceptors (Lipinski definition) is 6. The van der Waals surface area contributed by atoms with Crippen molar-refractivity contribution in [2.45, 2.75) is 18.0 Å². The van der Waals surface area contributed by atoms with Gasteiger partial charge in [-0.1, -0.05) is 59.6 Å². The summed E-state index contributed by atoms with van der Waals surface area (Å²) in [6.45, 7) is 0. The molecule has 6 N–H and O–H groups in total. The van der Waals surface area contributed by atoms with Crippen LogP contribution in [0.25, 0.3) is 0 Å². The van der Waals surface area contributed by atoms with Crippen LogP contribution in [-0.4, -0.2) is 44.8 Å². The summed E-state index contributed by atoms with van der Waals surface area (Å²) in [6.07, 6.45) is -7.52. The molecule has 0 radical (unpaired) electrons. The fraction of sp³-hybridized carbons (Fsp3) is 0.0976. The molecule has 3 amide bonds. The summed E-state index contributed by atoms with van der Waals surface area (Å²) in [7, 11) is 0. The van der Waals surface area contributed by atoms with Crippen molar-refractivity contribution >= 4 is 126 Å². The highest BCUT2D eigenvalue weighted by atomic mass is 127. The van der Waals surface area contributed by atoms with Gasteiger partial charge in [0.15, 0.2) is 5.60 Å². The van der Waals surface area contributed by atoms with Crippen molar-refractivity contribution in [2.24, 2.45) is 5.92 Å². The molecule has 320 valence electrons. The molecule has 6 rings (SSSR count). The first-order valence-corrected chi connectivity index (χ1v) is 20.9. The van der Waals surface area contributed by atoms with E-state index in [1.165, 1.54) is 12.1 Å². The smallest absolute Gasteiger partial charge is 0.421 e. The zero-order chi connectivity index (χ0) is 45.3. The third-order valence-corrected chi connectivity index (χ3v) is 10.7. The van der Waals surface area contributed by atoms with Crippen LogP contribution in [0.4, 0.5) is 43.4 Å². The molecular weight excluding hydrogens is 1200 g/mol. The molecule has 0 heterocycles. The largest absolute Gasteiger partial charge is 0.506 e. The van der Waals surface area contributed by atoms with Crippen molar-refractivity contribution in [1.82, 2.24) is 0 Å². The number of amides is 3. The second-order valence-corrected chi connectivity index (χ2v) is 17.0. The van der Waals surface area contributed by atoms with E-state index < -0.39 is 52.6 Å². The number of nitrogens with one attached hydrogen (secondary N) is 3. The number of anilines is 3. The number of rotatable bonds is 6. The molecule has 20 heteroatoms. The first kappa shape index (κ1) is 49.6. The van der Waals surface area contributed by atoms with Gasteiger partial charge >= 0.3 is 12.4 Å². The second kappa shape index (κ2) is 21.3. The maximum atomic E-state index is 13.0. The Morgan fingerprint density at radius 3 is 1.64 bits per heavy atom. The van der Waals surface area contributed by atoms with E-state index in [2.05, 4.69) is 61.1 Å². The predicted molar refractivity (Wildman–Crippen MR) is 246 cm³/mol. The van der Waals surface area contributed by atoms with E-state index in [0.717, 1.165) is 25.4 Å². The van der Waals surface area contributed by atoms with Crippen molar-refractivity contribution < 1.29 is 56.0 Å². The SMILES string of the molecule is O=C(Nc1ccc(I)cc1)c1cc(I)cc(I)c1O.O=C(Nc1ccccc1)C1C=C(Cl)C=CC1(O)C(F)(F)F.O=C(Nc1ccccc1)c1cc(Cl)cc(C(F)(F)F)c1O. The van der Waals surface area contributed by atoms with Crippen LogP contribution in [0.3, 0.4) is 0 Å². The Morgan fingerprint density at radius 2 is 1.13 bits per heavy atom. The van der Waals surface area contributed by atoms with Crippen molar-refractivity contribution in [3.05, 3.63) is 165 Å². The van der Waals surface area contributed by atoms with Crippen molar-refractivity contribution in [3.8, 4) is 11.5 Å². The van der Waals surface area contributed by atoms with Crippen LogP contribution in [-0.2, 0) is 11.0 Å². The number of hydrogen-bond donors (Lipinski definition) is 6. The van der Waals surface area contributed by atoms with Gasteiger partial charge in [-0.3, -0.25) is 14.4 Å². The average molecular weight is 1220 g/mol. The fourth-order valence-electron chi connectivity index (χ4n) is 5.12. The van der Waals surface area contributed by atoms with Gasteiger partial charge in [-0.25, -0.2) is 0 Å². The molecule has 9 nitrogen and oxygen atoms in total. The van der Waals surface area contributed by atoms with E-state index in [1.807, 2.05) is 52.9 Å². The van der Waals surface area contributed by atoms with Crippen LogP contribution in [0.5, 0.6) is 11.5 Å². The highest BCUT2D eigenvalue weighted by Crippen LogP contribution is 2.42. The molecular formula is C41H28Cl2F6I3N3O6. The number of aliphatic hydroxyl groups is 1. The topological polar surface area (TPSA) is 148 Å². The van der Waals surface area contributed by atoms with E-state index in [4.69, 9.17) is 23.2 Å². The zero-order valence-corrected chi connectivity index (χ0v) is 38.4. The quantitative estimate of drug-likeness (QED) is 0.0737. The van der Waals surface area contributed by atoms with Gasteiger partial charge in [-0.2, -0.15) is 26.3 Å². The number of carbonyl (C=O) groups excluding carboxylic acids is 3. The number of allylic oxidation sites excluding steroid dienone is 2. The van der Waals surface area contributed by atoms with Gasteiger partial charge in [-0.05, 0) is 159 Å². The summed E-state index contributed by atoms with van der Waals surface area (Å²) >= 11 is 17.6. The molecule has 0 aliphatic heterocycles. The maximum absolute atomic E-state index is 13.0. The Labute approximate surface area is 394 Å². The van der Waals surface area contributed by atoms with Crippen LogP contribution < -0.4 is 16.0 Å². The summed E-state index contributed by atoms with van der Waals surface area (Å²) in [5.41, 5.74) is -3.48. The van der Waals surface area contributed by atoms with Gasteiger partial charge in [0.2, 0.25) is 5.91 Å². The molecule has 2 unspecified atom stereocenters. The number of phenolic OH excluding ortho intramolecular Hbond substituents is 2. The zero-order valence-electron chi connectivity index (χ0n) is 30.4. The van der Waals surface area contributed by atoms with Crippen molar-refractivity contribution in [3.63, 3.8) is 0 Å². The van der Waals surface area contributed by atoms with E-state index >= 15 is 0 Å². The van der Waals surface area contributed by atoms with Crippen LogP contribution >= 0.6 is 91.0 Å². The number of para-hydroxylation sites is 2. The Kier molecular flexibility index (Phi) is 17.3. The summed E-state index contributed by atoms with van der Waals surface area (Å²) in [4.78, 5) is 36.2. The normalized spacial score (nSPS) is 15.8. The standard InChI is InChI=1S/C14H9ClF3NO2.C14H11ClF3NO2.C13H8I3NO2/c15-8-6-10(12(20)11(7-8)14(16,17)18)13(21)19-9-4-2-1-3-5-9;15-9-6-7-13(21,14(16,17)18)11(8-9)12(20)19-10-4-2-1-3-5-10;14-7-1-3-9(4-2-7)17-13(19)10-5-8(15)6-11(16)12(10)18/h1-7,20H,(H,19,21);1-8,11,21H,(H,19,20);1-6,18H,(H,17,19). The van der Waals surface area contributed by atoms with Crippen molar-refractivity contribution in [1.29, 1.82) is 0 Å². The maximum Gasteiger partial charge on any atom is 0.421 e. The van der Waals surface area contributed by atoms with Gasteiger partial charge in [0, 0.05) is 34.3 Å². The van der Waals surface area contributed by atoms with Crippen LogP contribution in [0.2, 0.25) is 5.02 Å². The molecule has 5 aromatic rings. The Morgan fingerprint density at radius 1 is 0.639 bits per heavy atom. The number of alkyl halides is 6. The molecule has 0 saturated carbocycles. The van der Waals surface area contributed by atoms with Crippen LogP contribution in [0, 0.1) is 16.6 Å². The molecule has 0 aromatic heterocycles. The van der Waals surface area contributed by atoms with Crippen molar-refractivity contribution in [2.75, 3.05) is 16.0 Å². The number of halogens is 11. The lowest BCUT2D eigenvalue weighted by Crippen LogP contribution is -2.54. The molecule has 1 aliphatic rings. The third kappa shape index (κ3) is 13.7. The molecule has 0 saturated heterocycles. The highest BCUT2D eigenvalue weighted by molar-refractivity contribution is 14.1.